The molecule has 0 saturated heterocycles. The monoisotopic (exact) mass is 394 g/mol. The number of hydrogen-bond donors (Lipinski definition) is 2. The zero-order valence-corrected chi connectivity index (χ0v) is 16.3. The molecule has 29 heavy (non-hydrogen) atoms. The molecule has 3 rings (SSSR count). The van der Waals surface area contributed by atoms with Crippen LogP contribution in [0.25, 0.3) is 0 Å². The molecule has 7 heteroatoms. The number of guanidine groups is 1. The van der Waals surface area contributed by atoms with Crippen molar-refractivity contribution in [2.45, 2.75) is 26.5 Å². The van der Waals surface area contributed by atoms with Gasteiger partial charge in [0.15, 0.2) is 17.5 Å². The number of nitrogens with zero attached hydrogens (tertiary/aromatic N) is 2. The number of aromatic nitrogens is 1. The van der Waals surface area contributed by atoms with Crippen LogP contribution in [0.3, 0.4) is 0 Å². The highest BCUT2D eigenvalue weighted by Crippen LogP contribution is 2.24. The number of nitrogens with two attached hydrogens (primary N) is 1. The molecule has 0 bridgehead atoms. The normalized spacial score (nSPS) is 11.4. The molecule has 0 amide bonds. The number of halogens is 1. The second-order valence-electron chi connectivity index (χ2n) is 6.57. The molecule has 3 N–H and O–H groups in total. The first-order valence-electron chi connectivity index (χ1n) is 9.19. The molecule has 0 unspecified atom stereocenters. The van der Waals surface area contributed by atoms with Gasteiger partial charge in [-0.1, -0.05) is 6.07 Å². The maximum atomic E-state index is 14.3. The smallest absolute Gasteiger partial charge is 0.193 e. The number of hydrogen-bond acceptors (Lipinski definition) is 4. The van der Waals surface area contributed by atoms with Gasteiger partial charge in [0.05, 0.1) is 18.8 Å². The van der Waals surface area contributed by atoms with E-state index in [0.717, 1.165) is 11.4 Å². The Morgan fingerprint density at radius 3 is 2.59 bits per heavy atom. The Hall–Kier alpha value is -3.61. The van der Waals surface area contributed by atoms with E-state index in [9.17, 15) is 4.39 Å². The number of nitrogens with one attached hydrogen (secondary N) is 1. The molecule has 3 aromatic rings. The lowest BCUT2D eigenvalue weighted by atomic mass is 10.2. The summed E-state index contributed by atoms with van der Waals surface area (Å²) in [6, 6.07) is 15.5. The predicted octanol–water partition coefficient (Wildman–Crippen LogP) is 4.73. The molecule has 1 aromatic heterocycles. The summed E-state index contributed by atoms with van der Waals surface area (Å²) in [6.45, 7) is 4.17. The lowest BCUT2D eigenvalue weighted by Gasteiger charge is -2.11. The number of aliphatic imine (C=N–C) groups is 1. The molecule has 0 atom stereocenters. The lowest BCUT2D eigenvalue weighted by molar-refractivity contribution is 0.242. The van der Waals surface area contributed by atoms with Gasteiger partial charge < -0.3 is 20.5 Å². The van der Waals surface area contributed by atoms with E-state index in [1.54, 1.807) is 30.5 Å². The van der Waals surface area contributed by atoms with Crippen LogP contribution in [0.5, 0.6) is 17.2 Å². The molecule has 0 aliphatic carbocycles. The van der Waals surface area contributed by atoms with Gasteiger partial charge in [0.2, 0.25) is 0 Å². The summed E-state index contributed by atoms with van der Waals surface area (Å²) in [4.78, 5) is 8.19. The Labute approximate surface area is 169 Å². The second-order valence-corrected chi connectivity index (χ2v) is 6.57. The van der Waals surface area contributed by atoms with Crippen LogP contribution in [-0.2, 0) is 6.54 Å². The van der Waals surface area contributed by atoms with E-state index < -0.39 is 5.82 Å². The number of anilines is 1. The van der Waals surface area contributed by atoms with Gasteiger partial charge in [-0.2, -0.15) is 0 Å². The number of rotatable bonds is 7. The quantitative estimate of drug-likeness (QED) is 0.447. The predicted molar refractivity (Wildman–Crippen MR) is 112 cm³/mol. The van der Waals surface area contributed by atoms with Crippen molar-refractivity contribution in [2.24, 2.45) is 10.7 Å². The highest BCUT2D eigenvalue weighted by Gasteiger charge is 2.06. The van der Waals surface area contributed by atoms with Crippen molar-refractivity contribution in [3.63, 3.8) is 0 Å². The summed E-state index contributed by atoms with van der Waals surface area (Å²) < 4.78 is 25.4. The zero-order chi connectivity index (χ0) is 20.6. The largest absolute Gasteiger partial charge is 0.491 e. The Bertz CT molecular complexity index is 960. The Kier molecular flexibility index (Phi) is 6.63. The molecule has 0 aliphatic rings. The minimum Gasteiger partial charge on any atom is -0.491 e. The molecule has 6 nitrogen and oxygen atoms in total. The minimum absolute atomic E-state index is 0.113. The molecule has 2 aromatic carbocycles. The van der Waals surface area contributed by atoms with E-state index >= 15 is 0 Å². The fourth-order valence-electron chi connectivity index (χ4n) is 2.51. The summed E-state index contributed by atoms with van der Waals surface area (Å²) >= 11 is 0. The standard InChI is InChI=1S/C22H23FN4O2/c1-15(2)28-18-8-6-17(7-9-18)27-22(24)26-13-16-5-10-21(20(23)12-16)29-19-4-3-11-25-14-19/h3-12,14-15H,13H2,1-2H3,(H3,24,26,27). The second kappa shape index (κ2) is 9.54. The average molecular weight is 394 g/mol. The van der Waals surface area contributed by atoms with E-state index in [-0.39, 0.29) is 24.4 Å². The minimum atomic E-state index is -0.478. The van der Waals surface area contributed by atoms with Crippen molar-refractivity contribution < 1.29 is 13.9 Å². The van der Waals surface area contributed by atoms with Crippen LogP contribution < -0.4 is 20.5 Å². The van der Waals surface area contributed by atoms with E-state index in [1.165, 1.54) is 12.3 Å². The van der Waals surface area contributed by atoms with Crippen LogP contribution in [0.2, 0.25) is 0 Å². The first kappa shape index (κ1) is 20.1. The highest BCUT2D eigenvalue weighted by atomic mass is 19.1. The van der Waals surface area contributed by atoms with Crippen molar-refractivity contribution in [2.75, 3.05) is 5.32 Å². The van der Waals surface area contributed by atoms with E-state index in [2.05, 4.69) is 15.3 Å². The van der Waals surface area contributed by atoms with E-state index in [4.69, 9.17) is 15.2 Å². The van der Waals surface area contributed by atoms with Gasteiger partial charge in [0.1, 0.15) is 11.5 Å². The Morgan fingerprint density at radius 2 is 1.93 bits per heavy atom. The van der Waals surface area contributed by atoms with Gasteiger partial charge >= 0.3 is 0 Å². The Morgan fingerprint density at radius 1 is 1.14 bits per heavy atom. The van der Waals surface area contributed by atoms with Crippen LogP contribution in [0.15, 0.2) is 72.0 Å². The average Bonchev–Trinajstić information content (AvgIpc) is 2.70. The van der Waals surface area contributed by atoms with Crippen LogP contribution >= 0.6 is 0 Å². The van der Waals surface area contributed by atoms with Gasteiger partial charge in [0, 0.05) is 11.9 Å². The number of ether oxygens (including phenoxy) is 2. The van der Waals surface area contributed by atoms with Crippen molar-refractivity contribution in [3.8, 4) is 17.2 Å². The molecular weight excluding hydrogens is 371 g/mol. The first-order valence-corrected chi connectivity index (χ1v) is 9.19. The topological polar surface area (TPSA) is 81.8 Å². The van der Waals surface area contributed by atoms with Crippen molar-refractivity contribution in [3.05, 3.63) is 78.4 Å². The maximum absolute atomic E-state index is 14.3. The molecule has 0 saturated carbocycles. The fraction of sp³-hybridized carbons (Fsp3) is 0.182. The van der Waals surface area contributed by atoms with E-state index in [1.807, 2.05) is 38.1 Å². The molecule has 0 aliphatic heterocycles. The van der Waals surface area contributed by atoms with Crippen molar-refractivity contribution >= 4 is 11.6 Å². The van der Waals surface area contributed by atoms with Gasteiger partial charge in [-0.05, 0) is 67.9 Å². The summed E-state index contributed by atoms with van der Waals surface area (Å²) in [5.74, 6) is 1.13. The highest BCUT2D eigenvalue weighted by molar-refractivity contribution is 5.92. The summed E-state index contributed by atoms with van der Waals surface area (Å²) in [5.41, 5.74) is 7.38. The fourth-order valence-corrected chi connectivity index (χ4v) is 2.51. The third-order valence-electron chi connectivity index (χ3n) is 3.79. The third-order valence-corrected chi connectivity index (χ3v) is 3.79. The maximum Gasteiger partial charge on any atom is 0.193 e. The zero-order valence-electron chi connectivity index (χ0n) is 16.3. The van der Waals surface area contributed by atoms with Crippen molar-refractivity contribution in [1.82, 2.24) is 4.98 Å². The van der Waals surface area contributed by atoms with Gasteiger partial charge in [0.25, 0.3) is 0 Å². The van der Waals surface area contributed by atoms with Crippen LogP contribution in [-0.4, -0.2) is 17.0 Å². The van der Waals surface area contributed by atoms with E-state index in [0.29, 0.717) is 11.3 Å². The van der Waals surface area contributed by atoms with Gasteiger partial charge in [-0.3, -0.25) is 4.98 Å². The molecule has 150 valence electrons. The first-order chi connectivity index (χ1) is 14.0. The van der Waals surface area contributed by atoms with Crippen LogP contribution in [0.4, 0.5) is 10.1 Å². The van der Waals surface area contributed by atoms with Crippen LogP contribution in [0.1, 0.15) is 19.4 Å². The molecule has 0 radical (unpaired) electrons. The SMILES string of the molecule is CC(C)Oc1ccc(NC(N)=NCc2ccc(Oc3cccnc3)c(F)c2)cc1. The third kappa shape index (κ3) is 6.21. The number of benzene rings is 2. The van der Waals surface area contributed by atoms with Gasteiger partial charge in [-0.25, -0.2) is 9.38 Å². The Balaban J connectivity index is 1.58. The van der Waals surface area contributed by atoms with Gasteiger partial charge in [-0.15, -0.1) is 0 Å². The molecule has 1 heterocycles. The molecular formula is C22H23FN4O2. The molecule has 0 fully saturated rings. The number of pyridine rings is 1. The summed E-state index contributed by atoms with van der Waals surface area (Å²) in [7, 11) is 0. The van der Waals surface area contributed by atoms with Crippen LogP contribution in [0, 0.1) is 5.82 Å². The lowest BCUT2D eigenvalue weighted by Crippen LogP contribution is -2.22. The molecule has 0 spiro atoms. The van der Waals surface area contributed by atoms with Crippen molar-refractivity contribution in [1.29, 1.82) is 0 Å². The summed E-state index contributed by atoms with van der Waals surface area (Å²) in [5, 5.41) is 3.00. The summed E-state index contributed by atoms with van der Waals surface area (Å²) in [6.07, 6.45) is 3.25.